The van der Waals surface area contributed by atoms with Crippen molar-refractivity contribution in [2.75, 3.05) is 34.8 Å². The summed E-state index contributed by atoms with van der Waals surface area (Å²) in [5.41, 5.74) is 6.25. The van der Waals surface area contributed by atoms with E-state index >= 15 is 0 Å². The molecule has 1 atom stereocenters. The number of carbonyl (C=O) groups is 1. The second-order valence-corrected chi connectivity index (χ2v) is 9.77. The number of carbonyl (C=O) groups excluding carboxylic acids is 1. The molecule has 0 saturated carbocycles. The maximum absolute atomic E-state index is 12.4. The van der Waals surface area contributed by atoms with Crippen LogP contribution < -0.4 is 20.9 Å². The van der Waals surface area contributed by atoms with Crippen molar-refractivity contribution in [3.8, 4) is 0 Å². The van der Waals surface area contributed by atoms with Gasteiger partial charge in [0.25, 0.3) is 0 Å². The van der Waals surface area contributed by atoms with Gasteiger partial charge >= 0.3 is 0 Å². The highest BCUT2D eigenvalue weighted by Gasteiger charge is 2.32. The van der Waals surface area contributed by atoms with E-state index in [2.05, 4.69) is 25.2 Å². The van der Waals surface area contributed by atoms with E-state index in [9.17, 15) is 9.90 Å². The fourth-order valence-corrected chi connectivity index (χ4v) is 4.51. The number of hydrogen-bond acceptors (Lipinski definition) is 9. The van der Waals surface area contributed by atoms with Crippen LogP contribution in [-0.2, 0) is 4.79 Å². The van der Waals surface area contributed by atoms with E-state index in [-0.39, 0.29) is 18.0 Å². The van der Waals surface area contributed by atoms with E-state index in [0.717, 1.165) is 10.9 Å². The molecule has 34 heavy (non-hydrogen) atoms. The molecule has 2 fully saturated rings. The van der Waals surface area contributed by atoms with Gasteiger partial charge < -0.3 is 21.1 Å². The Kier molecular flexibility index (Phi) is 5.61. The third kappa shape index (κ3) is 4.28. The summed E-state index contributed by atoms with van der Waals surface area (Å²) >= 11 is 0. The van der Waals surface area contributed by atoms with Crippen LogP contribution in [-0.4, -0.2) is 67.0 Å². The number of anilines is 4. The van der Waals surface area contributed by atoms with Crippen LogP contribution in [0.25, 0.3) is 10.9 Å². The Morgan fingerprint density at radius 1 is 1.24 bits per heavy atom. The van der Waals surface area contributed by atoms with Crippen LogP contribution in [0.5, 0.6) is 0 Å². The van der Waals surface area contributed by atoms with Crippen LogP contribution in [0.3, 0.4) is 0 Å². The highest BCUT2D eigenvalue weighted by molar-refractivity contribution is 6.03. The van der Waals surface area contributed by atoms with Gasteiger partial charge in [-0.25, -0.2) is 9.97 Å². The maximum atomic E-state index is 12.4. The van der Waals surface area contributed by atoms with Crippen LogP contribution in [0.1, 0.15) is 46.1 Å². The van der Waals surface area contributed by atoms with Crippen LogP contribution in [0.15, 0.2) is 24.5 Å². The zero-order chi connectivity index (χ0) is 24.0. The Balaban J connectivity index is 1.42. The highest BCUT2D eigenvalue weighted by atomic mass is 16.3. The average molecular weight is 466 g/mol. The van der Waals surface area contributed by atoms with Crippen molar-refractivity contribution in [3.63, 3.8) is 0 Å². The second-order valence-electron chi connectivity index (χ2n) is 9.77. The zero-order valence-electron chi connectivity index (χ0n) is 19.8. The van der Waals surface area contributed by atoms with Gasteiger partial charge in [-0.2, -0.15) is 10.1 Å². The van der Waals surface area contributed by atoms with Gasteiger partial charge in [-0.15, -0.1) is 0 Å². The summed E-state index contributed by atoms with van der Waals surface area (Å²) in [7, 11) is 0. The Morgan fingerprint density at radius 3 is 2.68 bits per heavy atom. The third-order valence-electron chi connectivity index (χ3n) is 6.49. The van der Waals surface area contributed by atoms with Gasteiger partial charge in [-0.1, -0.05) is 0 Å². The van der Waals surface area contributed by atoms with E-state index in [0.29, 0.717) is 62.3 Å². The Hall–Kier alpha value is -3.31. The molecule has 3 aromatic rings. The number of rotatable bonds is 5. The second kappa shape index (κ2) is 8.48. The van der Waals surface area contributed by atoms with E-state index in [1.807, 2.05) is 31.5 Å². The fourth-order valence-electron chi connectivity index (χ4n) is 4.51. The average Bonchev–Trinajstić information content (AvgIpc) is 3.32. The van der Waals surface area contributed by atoms with E-state index in [4.69, 9.17) is 10.8 Å². The molecule has 0 spiro atoms. The molecule has 0 bridgehead atoms. The molecule has 180 valence electrons. The fraction of sp³-hybridized carbons (Fsp3) is 0.522. The number of pyridine rings is 1. The van der Waals surface area contributed by atoms with Gasteiger partial charge in [-0.05, 0) is 39.7 Å². The summed E-state index contributed by atoms with van der Waals surface area (Å²) in [6.45, 7) is 7.83. The number of hydrogen-bond donors (Lipinski definition) is 3. The lowest BCUT2D eigenvalue weighted by Crippen LogP contribution is -2.43. The summed E-state index contributed by atoms with van der Waals surface area (Å²) in [5.74, 6) is 2.46. The molecular weight excluding hydrogens is 434 g/mol. The molecule has 5 heterocycles. The van der Waals surface area contributed by atoms with Gasteiger partial charge in [0.05, 0.1) is 16.5 Å². The van der Waals surface area contributed by atoms with Gasteiger partial charge in [0.1, 0.15) is 11.6 Å². The van der Waals surface area contributed by atoms with Crippen molar-refractivity contribution in [1.29, 1.82) is 0 Å². The Morgan fingerprint density at radius 2 is 2.00 bits per heavy atom. The van der Waals surface area contributed by atoms with Crippen molar-refractivity contribution < 1.29 is 9.90 Å². The van der Waals surface area contributed by atoms with Crippen LogP contribution in [0.4, 0.5) is 23.4 Å². The predicted molar refractivity (Wildman–Crippen MR) is 130 cm³/mol. The standard InChI is InChI=1S/C23H31N9O2/c1-14(2)32-17-11-19(26-12-16(17)21(29-32)31-13-15(24)10-20(31)33)27-18-4-7-25-22(28-18)30-8-5-23(3,34)6-9-30/h4,7,11-12,14-15,34H,5-6,8-10,13,24H2,1-3H3,(H,25,26,27,28). The van der Waals surface area contributed by atoms with E-state index in [1.54, 1.807) is 23.4 Å². The van der Waals surface area contributed by atoms with Crippen LogP contribution in [0.2, 0.25) is 0 Å². The number of amides is 1. The van der Waals surface area contributed by atoms with Gasteiger partial charge in [0.15, 0.2) is 5.82 Å². The largest absolute Gasteiger partial charge is 0.390 e. The monoisotopic (exact) mass is 465 g/mol. The summed E-state index contributed by atoms with van der Waals surface area (Å²) in [6.07, 6.45) is 5.14. The number of piperidine rings is 1. The summed E-state index contributed by atoms with van der Waals surface area (Å²) in [4.78, 5) is 29.8. The quantitative estimate of drug-likeness (QED) is 0.516. The number of nitrogens with one attached hydrogen (secondary N) is 1. The molecule has 11 nitrogen and oxygen atoms in total. The molecule has 2 aliphatic rings. The first kappa shape index (κ1) is 22.5. The first-order valence-corrected chi connectivity index (χ1v) is 11.7. The van der Waals surface area contributed by atoms with Crippen molar-refractivity contribution in [2.45, 2.75) is 57.7 Å². The number of nitrogens with zero attached hydrogens (tertiary/aromatic N) is 7. The molecule has 1 amide bonds. The number of fused-ring (bicyclic) bond motifs is 1. The van der Waals surface area contributed by atoms with Crippen molar-refractivity contribution in [3.05, 3.63) is 24.5 Å². The maximum Gasteiger partial charge on any atom is 0.229 e. The molecule has 5 rings (SSSR count). The van der Waals surface area contributed by atoms with Crippen molar-refractivity contribution >= 4 is 40.2 Å². The van der Waals surface area contributed by atoms with Crippen LogP contribution in [0, 0.1) is 0 Å². The lowest BCUT2D eigenvalue weighted by atomic mass is 9.94. The lowest BCUT2D eigenvalue weighted by molar-refractivity contribution is -0.117. The third-order valence-corrected chi connectivity index (χ3v) is 6.49. The molecule has 11 heteroatoms. The highest BCUT2D eigenvalue weighted by Crippen LogP contribution is 2.32. The molecule has 2 saturated heterocycles. The first-order valence-electron chi connectivity index (χ1n) is 11.7. The van der Waals surface area contributed by atoms with Gasteiger partial charge in [0, 0.05) is 56.6 Å². The molecule has 4 N–H and O–H groups in total. The summed E-state index contributed by atoms with van der Waals surface area (Å²) in [6, 6.07) is 3.63. The summed E-state index contributed by atoms with van der Waals surface area (Å²) < 4.78 is 1.90. The smallest absolute Gasteiger partial charge is 0.229 e. The first-order chi connectivity index (χ1) is 16.2. The topological polar surface area (TPSA) is 138 Å². The summed E-state index contributed by atoms with van der Waals surface area (Å²) in [5, 5.41) is 19.0. The van der Waals surface area contributed by atoms with Crippen molar-refractivity contribution in [2.24, 2.45) is 5.73 Å². The lowest BCUT2D eigenvalue weighted by Gasteiger charge is -2.35. The minimum atomic E-state index is -0.630. The van der Waals surface area contributed by atoms with Crippen molar-refractivity contribution in [1.82, 2.24) is 24.7 Å². The Labute approximate surface area is 198 Å². The van der Waals surface area contributed by atoms with E-state index < -0.39 is 5.60 Å². The number of nitrogens with two attached hydrogens (primary N) is 1. The molecular formula is C23H31N9O2. The molecule has 0 aromatic carbocycles. The predicted octanol–water partition coefficient (Wildman–Crippen LogP) is 1.96. The molecule has 0 radical (unpaired) electrons. The minimum Gasteiger partial charge on any atom is -0.390 e. The SMILES string of the molecule is CC(C)n1nc(N2CC(N)CC2=O)c2cnc(Nc3ccnc(N4CCC(C)(O)CC4)n3)cc21. The number of aromatic nitrogens is 5. The number of aliphatic hydroxyl groups is 1. The zero-order valence-corrected chi connectivity index (χ0v) is 19.8. The molecule has 1 unspecified atom stereocenters. The minimum absolute atomic E-state index is 0.0160. The van der Waals surface area contributed by atoms with Crippen LogP contribution >= 0.6 is 0 Å². The normalized spacial score (nSPS) is 20.5. The Bertz CT molecular complexity index is 1210. The van der Waals surface area contributed by atoms with Gasteiger partial charge in [-0.3, -0.25) is 14.4 Å². The van der Waals surface area contributed by atoms with Gasteiger partial charge in [0.2, 0.25) is 11.9 Å². The molecule has 0 aliphatic carbocycles. The van der Waals surface area contributed by atoms with E-state index in [1.165, 1.54) is 0 Å². The molecule has 3 aromatic heterocycles. The molecule has 2 aliphatic heterocycles.